The molecule has 0 aliphatic carbocycles. The second kappa shape index (κ2) is 5.89. The van der Waals surface area contributed by atoms with Gasteiger partial charge in [0.15, 0.2) is 0 Å². The average molecular weight is 275 g/mol. The van der Waals surface area contributed by atoms with Crippen LogP contribution in [0.2, 0.25) is 5.02 Å². The van der Waals surface area contributed by atoms with E-state index >= 15 is 0 Å². The van der Waals surface area contributed by atoms with Gasteiger partial charge in [0, 0.05) is 5.02 Å². The van der Waals surface area contributed by atoms with Crippen molar-refractivity contribution < 1.29 is 9.90 Å². The number of rotatable bonds is 4. The Hall–Kier alpha value is -1.80. The van der Waals surface area contributed by atoms with Gasteiger partial charge in [-0.05, 0) is 42.2 Å². The molecule has 19 heavy (non-hydrogen) atoms. The van der Waals surface area contributed by atoms with E-state index in [0.717, 1.165) is 16.7 Å². The lowest BCUT2D eigenvalue weighted by Gasteiger charge is -2.15. The number of halogens is 1. The number of carbonyl (C=O) groups is 1. The van der Waals surface area contributed by atoms with E-state index in [-0.39, 0.29) is 0 Å². The summed E-state index contributed by atoms with van der Waals surface area (Å²) < 4.78 is 0. The summed E-state index contributed by atoms with van der Waals surface area (Å²) in [5.41, 5.74) is 2.84. The van der Waals surface area contributed by atoms with Gasteiger partial charge in [0.1, 0.15) is 0 Å². The maximum Gasteiger partial charge on any atom is 0.311 e. The van der Waals surface area contributed by atoms with Crippen molar-refractivity contribution in [3.63, 3.8) is 0 Å². The van der Waals surface area contributed by atoms with Gasteiger partial charge in [-0.1, -0.05) is 48.0 Å². The maximum absolute atomic E-state index is 11.5. The fourth-order valence-corrected chi connectivity index (χ4v) is 2.29. The van der Waals surface area contributed by atoms with Crippen molar-refractivity contribution >= 4 is 17.6 Å². The van der Waals surface area contributed by atoms with Crippen LogP contribution in [0.4, 0.5) is 0 Å². The molecule has 3 heteroatoms. The third kappa shape index (κ3) is 3.36. The van der Waals surface area contributed by atoms with E-state index in [4.69, 9.17) is 11.6 Å². The summed E-state index contributed by atoms with van der Waals surface area (Å²) in [4.78, 5) is 11.5. The van der Waals surface area contributed by atoms with Gasteiger partial charge < -0.3 is 5.11 Å². The molecule has 0 radical (unpaired) electrons. The predicted molar refractivity (Wildman–Crippen MR) is 76.7 cm³/mol. The molecule has 0 saturated heterocycles. The molecule has 0 aliphatic heterocycles. The third-order valence-electron chi connectivity index (χ3n) is 3.22. The zero-order chi connectivity index (χ0) is 13.8. The van der Waals surface area contributed by atoms with Gasteiger partial charge in [-0.25, -0.2) is 0 Å². The largest absolute Gasteiger partial charge is 0.481 e. The van der Waals surface area contributed by atoms with Crippen molar-refractivity contribution in [2.45, 2.75) is 19.3 Å². The predicted octanol–water partition coefficient (Wildman–Crippen LogP) is 4.06. The fraction of sp³-hybridized carbons (Fsp3) is 0.188. The lowest BCUT2D eigenvalue weighted by atomic mass is 9.89. The maximum atomic E-state index is 11.5. The van der Waals surface area contributed by atoms with Crippen molar-refractivity contribution in [1.29, 1.82) is 0 Å². The standard InChI is InChI=1S/C16H15ClO2/c1-11-4-2-3-5-14(11)15(16(18)19)10-12-6-8-13(17)9-7-12/h2-9,15H,10H2,1H3,(H,18,19). The van der Waals surface area contributed by atoms with E-state index in [2.05, 4.69) is 0 Å². The summed E-state index contributed by atoms with van der Waals surface area (Å²) in [7, 11) is 0. The lowest BCUT2D eigenvalue weighted by molar-refractivity contribution is -0.138. The number of carboxylic acid groups (broad SMARTS) is 1. The first-order chi connectivity index (χ1) is 9.08. The van der Waals surface area contributed by atoms with Gasteiger partial charge in [0.25, 0.3) is 0 Å². The van der Waals surface area contributed by atoms with Gasteiger partial charge >= 0.3 is 5.97 Å². The molecule has 0 aliphatic rings. The molecule has 1 atom stereocenters. The van der Waals surface area contributed by atoms with Crippen LogP contribution in [0, 0.1) is 6.92 Å². The topological polar surface area (TPSA) is 37.3 Å². The van der Waals surface area contributed by atoms with Crippen LogP contribution in [0.25, 0.3) is 0 Å². The first-order valence-electron chi connectivity index (χ1n) is 6.10. The molecule has 0 bridgehead atoms. The van der Waals surface area contributed by atoms with E-state index in [1.165, 1.54) is 0 Å². The minimum Gasteiger partial charge on any atom is -0.481 e. The van der Waals surface area contributed by atoms with E-state index in [0.29, 0.717) is 11.4 Å². The lowest BCUT2D eigenvalue weighted by Crippen LogP contribution is -2.15. The highest BCUT2D eigenvalue weighted by molar-refractivity contribution is 6.30. The SMILES string of the molecule is Cc1ccccc1C(Cc1ccc(Cl)cc1)C(=O)O. The van der Waals surface area contributed by atoms with Crippen LogP contribution >= 0.6 is 11.6 Å². The minimum absolute atomic E-state index is 0.470. The van der Waals surface area contributed by atoms with Crippen LogP contribution in [0.3, 0.4) is 0 Å². The Balaban J connectivity index is 2.29. The normalized spacial score (nSPS) is 12.1. The van der Waals surface area contributed by atoms with E-state index in [1.54, 1.807) is 12.1 Å². The molecule has 98 valence electrons. The van der Waals surface area contributed by atoms with E-state index in [9.17, 15) is 9.90 Å². The van der Waals surface area contributed by atoms with E-state index in [1.807, 2.05) is 43.3 Å². The van der Waals surface area contributed by atoms with Crippen molar-refractivity contribution in [3.05, 3.63) is 70.2 Å². The highest BCUT2D eigenvalue weighted by Gasteiger charge is 2.21. The highest BCUT2D eigenvalue weighted by atomic mass is 35.5. The van der Waals surface area contributed by atoms with Gasteiger partial charge in [0.05, 0.1) is 5.92 Å². The second-order valence-electron chi connectivity index (χ2n) is 4.58. The molecule has 1 unspecified atom stereocenters. The molecule has 0 fully saturated rings. The van der Waals surface area contributed by atoms with Gasteiger partial charge in [-0.15, -0.1) is 0 Å². The Bertz CT molecular complexity index is 576. The first kappa shape index (κ1) is 13.6. The quantitative estimate of drug-likeness (QED) is 0.913. The summed E-state index contributed by atoms with van der Waals surface area (Å²) in [5.74, 6) is -1.33. The summed E-state index contributed by atoms with van der Waals surface area (Å²) in [5, 5.41) is 10.1. The number of aryl methyl sites for hydroxylation is 1. The Morgan fingerprint density at radius 2 is 1.79 bits per heavy atom. The zero-order valence-electron chi connectivity index (χ0n) is 10.6. The highest BCUT2D eigenvalue weighted by Crippen LogP contribution is 2.25. The average Bonchev–Trinajstić information content (AvgIpc) is 2.39. The summed E-state index contributed by atoms with van der Waals surface area (Å²) in [6.07, 6.45) is 0.470. The smallest absolute Gasteiger partial charge is 0.311 e. The van der Waals surface area contributed by atoms with Gasteiger partial charge in [0.2, 0.25) is 0 Å². The second-order valence-corrected chi connectivity index (χ2v) is 5.01. The number of hydrogen-bond acceptors (Lipinski definition) is 1. The van der Waals surface area contributed by atoms with Crippen molar-refractivity contribution in [2.75, 3.05) is 0 Å². The first-order valence-corrected chi connectivity index (χ1v) is 6.48. The molecule has 2 aromatic carbocycles. The molecule has 2 rings (SSSR count). The van der Waals surface area contributed by atoms with Gasteiger partial charge in [-0.2, -0.15) is 0 Å². The van der Waals surface area contributed by atoms with Crippen molar-refractivity contribution in [2.24, 2.45) is 0 Å². The summed E-state index contributed by atoms with van der Waals surface area (Å²) in [6.45, 7) is 1.94. The Labute approximate surface area is 117 Å². The van der Waals surface area contributed by atoms with Gasteiger partial charge in [-0.3, -0.25) is 4.79 Å². The molecule has 2 aromatic rings. The molecular formula is C16H15ClO2. The van der Waals surface area contributed by atoms with Crippen LogP contribution < -0.4 is 0 Å². The van der Waals surface area contributed by atoms with Crippen LogP contribution in [0.15, 0.2) is 48.5 Å². The summed E-state index contributed by atoms with van der Waals surface area (Å²) >= 11 is 5.84. The molecule has 0 saturated carbocycles. The number of hydrogen-bond donors (Lipinski definition) is 1. The molecule has 2 nitrogen and oxygen atoms in total. The Kier molecular flexibility index (Phi) is 4.23. The van der Waals surface area contributed by atoms with Crippen molar-refractivity contribution in [1.82, 2.24) is 0 Å². The molecular weight excluding hydrogens is 260 g/mol. The third-order valence-corrected chi connectivity index (χ3v) is 3.47. The van der Waals surface area contributed by atoms with Crippen LogP contribution in [0.1, 0.15) is 22.6 Å². The molecule has 0 spiro atoms. The van der Waals surface area contributed by atoms with Crippen LogP contribution in [-0.2, 0) is 11.2 Å². The number of benzene rings is 2. The minimum atomic E-state index is -0.802. The van der Waals surface area contributed by atoms with E-state index < -0.39 is 11.9 Å². The van der Waals surface area contributed by atoms with Crippen LogP contribution in [0.5, 0.6) is 0 Å². The zero-order valence-corrected chi connectivity index (χ0v) is 11.4. The summed E-state index contributed by atoms with van der Waals surface area (Å²) in [6, 6.07) is 14.9. The monoisotopic (exact) mass is 274 g/mol. The molecule has 0 heterocycles. The molecule has 0 aromatic heterocycles. The van der Waals surface area contributed by atoms with Crippen molar-refractivity contribution in [3.8, 4) is 0 Å². The fourth-order valence-electron chi connectivity index (χ4n) is 2.16. The number of carboxylic acids is 1. The Morgan fingerprint density at radius 3 is 2.37 bits per heavy atom. The Morgan fingerprint density at radius 1 is 1.16 bits per heavy atom. The number of aliphatic carboxylic acids is 1. The molecule has 1 N–H and O–H groups in total. The van der Waals surface area contributed by atoms with Crippen LogP contribution in [-0.4, -0.2) is 11.1 Å². The molecule has 0 amide bonds.